The normalized spacial score (nSPS) is 10.0. The standard InChI is InChI=1S/C9H12N2O4/c1-6-4-11(5-8(12)13)10-7(6)3-9(14)15-2/h4H,3,5H2,1-2H3,(H,12,13). The van der Waals surface area contributed by atoms with Crippen LogP contribution in [-0.4, -0.2) is 33.9 Å². The number of aromatic nitrogens is 2. The highest BCUT2D eigenvalue weighted by Gasteiger charge is 2.11. The van der Waals surface area contributed by atoms with Crippen molar-refractivity contribution in [3.05, 3.63) is 17.5 Å². The zero-order valence-corrected chi connectivity index (χ0v) is 8.56. The number of carbonyl (C=O) groups is 2. The van der Waals surface area contributed by atoms with E-state index in [-0.39, 0.29) is 13.0 Å². The molecule has 0 saturated heterocycles. The maximum Gasteiger partial charge on any atom is 0.325 e. The number of carboxylic acids is 1. The van der Waals surface area contributed by atoms with Gasteiger partial charge >= 0.3 is 11.9 Å². The lowest BCUT2D eigenvalue weighted by Gasteiger charge is -1.96. The Kier molecular flexibility index (Phi) is 3.43. The summed E-state index contributed by atoms with van der Waals surface area (Å²) in [7, 11) is 1.30. The maximum atomic E-state index is 11.0. The first kappa shape index (κ1) is 11.2. The number of methoxy groups -OCH3 is 1. The molecule has 0 spiro atoms. The first-order valence-electron chi connectivity index (χ1n) is 4.34. The Bertz CT molecular complexity index is 383. The molecule has 1 aromatic rings. The van der Waals surface area contributed by atoms with Gasteiger partial charge in [0.1, 0.15) is 6.54 Å². The molecule has 6 heteroatoms. The molecule has 0 aliphatic rings. The molecule has 0 saturated carbocycles. The number of carbonyl (C=O) groups excluding carboxylic acids is 1. The lowest BCUT2D eigenvalue weighted by molar-refractivity contribution is -0.140. The number of hydrogen-bond acceptors (Lipinski definition) is 4. The molecule has 0 aliphatic heterocycles. The smallest absolute Gasteiger partial charge is 0.325 e. The summed E-state index contributed by atoms with van der Waals surface area (Å²) in [5, 5.41) is 12.5. The van der Waals surface area contributed by atoms with E-state index in [0.717, 1.165) is 5.56 Å². The van der Waals surface area contributed by atoms with Gasteiger partial charge in [-0.2, -0.15) is 5.10 Å². The molecular weight excluding hydrogens is 200 g/mol. The molecule has 0 fully saturated rings. The molecule has 0 aromatic carbocycles. The zero-order valence-electron chi connectivity index (χ0n) is 8.56. The average Bonchev–Trinajstić information content (AvgIpc) is 2.45. The summed E-state index contributed by atoms with van der Waals surface area (Å²) >= 11 is 0. The van der Waals surface area contributed by atoms with E-state index in [9.17, 15) is 9.59 Å². The molecule has 6 nitrogen and oxygen atoms in total. The van der Waals surface area contributed by atoms with Crippen LogP contribution in [0.1, 0.15) is 11.3 Å². The molecule has 0 atom stereocenters. The van der Waals surface area contributed by atoms with E-state index in [2.05, 4.69) is 9.84 Å². The fraction of sp³-hybridized carbons (Fsp3) is 0.444. The molecule has 0 bridgehead atoms. The SMILES string of the molecule is COC(=O)Cc1nn(CC(=O)O)cc1C. The van der Waals surface area contributed by atoms with Crippen LogP contribution in [0.25, 0.3) is 0 Å². The van der Waals surface area contributed by atoms with E-state index in [4.69, 9.17) is 5.11 Å². The van der Waals surface area contributed by atoms with Crippen LogP contribution < -0.4 is 0 Å². The molecule has 0 amide bonds. The van der Waals surface area contributed by atoms with E-state index in [1.165, 1.54) is 11.8 Å². The quantitative estimate of drug-likeness (QED) is 0.710. The van der Waals surface area contributed by atoms with Gasteiger partial charge < -0.3 is 9.84 Å². The van der Waals surface area contributed by atoms with Gasteiger partial charge in [-0.05, 0) is 12.5 Å². The van der Waals surface area contributed by atoms with Crippen LogP contribution in [0.4, 0.5) is 0 Å². The summed E-state index contributed by atoms with van der Waals surface area (Å²) in [4.78, 5) is 21.4. The van der Waals surface area contributed by atoms with Crippen molar-refractivity contribution in [2.45, 2.75) is 19.9 Å². The molecule has 0 radical (unpaired) electrons. The second-order valence-electron chi connectivity index (χ2n) is 3.10. The Hall–Kier alpha value is -1.85. The van der Waals surface area contributed by atoms with Crippen molar-refractivity contribution in [2.24, 2.45) is 0 Å². The average molecular weight is 212 g/mol. The Labute approximate surface area is 86.5 Å². The van der Waals surface area contributed by atoms with Crippen LogP contribution in [0.2, 0.25) is 0 Å². The molecule has 82 valence electrons. The zero-order chi connectivity index (χ0) is 11.4. The van der Waals surface area contributed by atoms with Crippen LogP contribution in [0.5, 0.6) is 0 Å². The van der Waals surface area contributed by atoms with Crippen molar-refractivity contribution in [3.63, 3.8) is 0 Å². The number of hydrogen-bond donors (Lipinski definition) is 1. The van der Waals surface area contributed by atoms with Crippen LogP contribution in [0.15, 0.2) is 6.20 Å². The number of esters is 1. The van der Waals surface area contributed by atoms with Crippen molar-refractivity contribution in [1.82, 2.24) is 9.78 Å². The Morgan fingerprint density at radius 3 is 2.80 bits per heavy atom. The van der Waals surface area contributed by atoms with Crippen LogP contribution in [0.3, 0.4) is 0 Å². The van der Waals surface area contributed by atoms with Gasteiger partial charge in [0.2, 0.25) is 0 Å². The van der Waals surface area contributed by atoms with E-state index >= 15 is 0 Å². The van der Waals surface area contributed by atoms with Crippen molar-refractivity contribution in [3.8, 4) is 0 Å². The molecule has 1 N–H and O–H groups in total. The number of rotatable bonds is 4. The first-order chi connectivity index (χ1) is 7.02. The van der Waals surface area contributed by atoms with Gasteiger partial charge in [0.15, 0.2) is 0 Å². The number of aryl methyl sites for hydroxylation is 1. The second-order valence-corrected chi connectivity index (χ2v) is 3.10. The molecule has 1 aromatic heterocycles. The van der Waals surface area contributed by atoms with E-state index < -0.39 is 11.9 Å². The fourth-order valence-corrected chi connectivity index (χ4v) is 1.16. The van der Waals surface area contributed by atoms with E-state index in [1.807, 2.05) is 0 Å². The van der Waals surface area contributed by atoms with Crippen LogP contribution >= 0.6 is 0 Å². The first-order valence-corrected chi connectivity index (χ1v) is 4.34. The molecular formula is C9H12N2O4. The number of nitrogens with zero attached hydrogens (tertiary/aromatic N) is 2. The van der Waals surface area contributed by atoms with Gasteiger partial charge in [0, 0.05) is 6.20 Å². The summed E-state index contributed by atoms with van der Waals surface area (Å²) in [6, 6.07) is 0. The van der Waals surface area contributed by atoms with Gasteiger partial charge in [-0.3, -0.25) is 14.3 Å². The Morgan fingerprint density at radius 1 is 1.60 bits per heavy atom. The Morgan fingerprint density at radius 2 is 2.27 bits per heavy atom. The molecule has 0 aliphatic carbocycles. The monoisotopic (exact) mass is 212 g/mol. The van der Waals surface area contributed by atoms with E-state index in [1.54, 1.807) is 13.1 Å². The lowest BCUT2D eigenvalue weighted by atomic mass is 10.2. The highest BCUT2D eigenvalue weighted by Crippen LogP contribution is 2.06. The third-order valence-electron chi connectivity index (χ3n) is 1.88. The number of ether oxygens (including phenoxy) is 1. The molecule has 1 rings (SSSR count). The topological polar surface area (TPSA) is 81.4 Å². The summed E-state index contributed by atoms with van der Waals surface area (Å²) in [6.07, 6.45) is 1.65. The highest BCUT2D eigenvalue weighted by molar-refractivity contribution is 5.72. The second kappa shape index (κ2) is 4.59. The van der Waals surface area contributed by atoms with Crippen LogP contribution in [0, 0.1) is 6.92 Å². The maximum absolute atomic E-state index is 11.0. The minimum Gasteiger partial charge on any atom is -0.480 e. The van der Waals surface area contributed by atoms with Crippen molar-refractivity contribution >= 4 is 11.9 Å². The molecule has 15 heavy (non-hydrogen) atoms. The third-order valence-corrected chi connectivity index (χ3v) is 1.88. The molecule has 0 unspecified atom stereocenters. The van der Waals surface area contributed by atoms with Gasteiger partial charge in [0.25, 0.3) is 0 Å². The van der Waals surface area contributed by atoms with Crippen LogP contribution in [-0.2, 0) is 27.3 Å². The minimum absolute atomic E-state index is 0.0644. The number of carboxylic acid groups (broad SMARTS) is 1. The van der Waals surface area contributed by atoms with Crippen molar-refractivity contribution in [1.29, 1.82) is 0 Å². The van der Waals surface area contributed by atoms with Gasteiger partial charge in [-0.15, -0.1) is 0 Å². The summed E-state index contributed by atoms with van der Waals surface area (Å²) < 4.78 is 5.78. The molecule has 1 heterocycles. The van der Waals surface area contributed by atoms with Crippen molar-refractivity contribution < 1.29 is 19.4 Å². The summed E-state index contributed by atoms with van der Waals surface area (Å²) in [5.41, 5.74) is 1.32. The summed E-state index contributed by atoms with van der Waals surface area (Å²) in [6.45, 7) is 1.56. The third kappa shape index (κ3) is 3.08. The largest absolute Gasteiger partial charge is 0.480 e. The van der Waals surface area contributed by atoms with E-state index in [0.29, 0.717) is 5.69 Å². The highest BCUT2D eigenvalue weighted by atomic mass is 16.5. The predicted octanol–water partition coefficient (Wildman–Crippen LogP) is -0.00838. The fourth-order valence-electron chi connectivity index (χ4n) is 1.16. The van der Waals surface area contributed by atoms with Gasteiger partial charge in [-0.1, -0.05) is 0 Å². The van der Waals surface area contributed by atoms with Gasteiger partial charge in [0.05, 0.1) is 19.2 Å². The predicted molar refractivity (Wildman–Crippen MR) is 50.3 cm³/mol. The minimum atomic E-state index is -0.970. The van der Waals surface area contributed by atoms with Gasteiger partial charge in [-0.25, -0.2) is 0 Å². The number of aliphatic carboxylic acids is 1. The lowest BCUT2D eigenvalue weighted by Crippen LogP contribution is -2.10. The Balaban J connectivity index is 2.77. The van der Waals surface area contributed by atoms with Crippen molar-refractivity contribution in [2.75, 3.05) is 7.11 Å². The summed E-state index contributed by atoms with van der Waals surface area (Å²) in [5.74, 6) is -1.36.